The lowest BCUT2D eigenvalue weighted by Crippen LogP contribution is -2.11. The molecule has 15 heavy (non-hydrogen) atoms. The maximum absolute atomic E-state index is 5.96. The van der Waals surface area contributed by atoms with Gasteiger partial charge in [0, 0.05) is 11.3 Å². The van der Waals surface area contributed by atoms with Crippen molar-refractivity contribution in [1.82, 2.24) is 0 Å². The molecule has 0 spiro atoms. The minimum Gasteiger partial charge on any atom is -0.448 e. The van der Waals surface area contributed by atoms with Crippen LogP contribution in [-0.4, -0.2) is 0 Å². The molecule has 0 saturated carbocycles. The first-order valence-corrected chi connectivity index (χ1v) is 5.97. The van der Waals surface area contributed by atoms with Crippen molar-refractivity contribution in [3.05, 3.63) is 44.5 Å². The monoisotopic (exact) mass is 261 g/mol. The van der Waals surface area contributed by atoms with Gasteiger partial charge in [0.05, 0.1) is 10.4 Å². The van der Waals surface area contributed by atoms with Crippen LogP contribution in [0.4, 0.5) is 0 Å². The number of furan rings is 1. The summed E-state index contributed by atoms with van der Waals surface area (Å²) in [5, 5.41) is 0.365. The zero-order chi connectivity index (χ0) is 10.8. The first-order chi connectivity index (χ1) is 7.15. The van der Waals surface area contributed by atoms with E-state index in [1.54, 1.807) is 12.1 Å². The summed E-state index contributed by atoms with van der Waals surface area (Å²) < 4.78 is 6.01. The van der Waals surface area contributed by atoms with Gasteiger partial charge in [-0.2, -0.15) is 0 Å². The molecule has 0 aromatic carbocycles. The van der Waals surface area contributed by atoms with Crippen LogP contribution in [0.5, 0.6) is 0 Å². The molecule has 0 aliphatic carbocycles. The Labute approximate surface area is 102 Å². The minimum atomic E-state index is -0.174. The predicted molar refractivity (Wildman–Crippen MR) is 63.7 cm³/mol. The number of thiophene rings is 1. The molecule has 2 aromatic heterocycles. The summed E-state index contributed by atoms with van der Waals surface area (Å²) in [6.07, 6.45) is 0.710. The van der Waals surface area contributed by atoms with E-state index in [0.29, 0.717) is 17.4 Å². The van der Waals surface area contributed by atoms with Gasteiger partial charge in [-0.05, 0) is 35.9 Å². The fourth-order valence-electron chi connectivity index (χ4n) is 1.31. The van der Waals surface area contributed by atoms with Gasteiger partial charge in [-0.15, -0.1) is 11.3 Å². The van der Waals surface area contributed by atoms with Gasteiger partial charge < -0.3 is 10.2 Å². The molecule has 0 fully saturated rings. The van der Waals surface area contributed by atoms with E-state index in [-0.39, 0.29) is 6.04 Å². The number of hydrogen-bond acceptors (Lipinski definition) is 3. The van der Waals surface area contributed by atoms with Gasteiger partial charge in [0.1, 0.15) is 5.76 Å². The summed E-state index contributed by atoms with van der Waals surface area (Å²) in [5.74, 6) is 0.699. The molecule has 1 atom stereocenters. The molecular weight excluding hydrogens is 253 g/mol. The Bertz CT molecular complexity index is 452. The summed E-state index contributed by atoms with van der Waals surface area (Å²) in [6, 6.07) is 7.15. The van der Waals surface area contributed by atoms with Crippen LogP contribution in [0.3, 0.4) is 0 Å². The molecular formula is C10H9Cl2NOS. The molecule has 1 unspecified atom stereocenters. The van der Waals surface area contributed by atoms with Crippen LogP contribution in [0.25, 0.3) is 0 Å². The summed E-state index contributed by atoms with van der Waals surface area (Å²) in [6.45, 7) is 0. The van der Waals surface area contributed by atoms with Crippen LogP contribution < -0.4 is 5.73 Å². The topological polar surface area (TPSA) is 39.2 Å². The van der Waals surface area contributed by atoms with Crippen molar-refractivity contribution in [2.75, 3.05) is 0 Å². The zero-order valence-corrected chi connectivity index (χ0v) is 10.1. The predicted octanol–water partition coefficient (Wildman–Crippen LogP) is 3.89. The Morgan fingerprint density at radius 1 is 1.27 bits per heavy atom. The molecule has 0 radical (unpaired) electrons. The minimum absolute atomic E-state index is 0.174. The summed E-state index contributed by atoms with van der Waals surface area (Å²) in [4.78, 5) is 1.14. The van der Waals surface area contributed by atoms with Crippen LogP contribution in [0.15, 0.2) is 28.7 Å². The van der Waals surface area contributed by atoms with E-state index in [2.05, 4.69) is 0 Å². The van der Waals surface area contributed by atoms with Gasteiger partial charge >= 0.3 is 0 Å². The standard InChI is InChI=1S/C10H9Cl2NOS/c11-9-3-2-8(14-9)7(13)5-6-1-4-10(12)15-6/h1-4,7H,5,13H2. The van der Waals surface area contributed by atoms with E-state index in [4.69, 9.17) is 33.4 Å². The molecule has 0 amide bonds. The smallest absolute Gasteiger partial charge is 0.193 e. The molecule has 0 aliphatic heterocycles. The fraction of sp³-hybridized carbons (Fsp3) is 0.200. The third kappa shape index (κ3) is 2.75. The average molecular weight is 262 g/mol. The molecule has 0 bridgehead atoms. The Morgan fingerprint density at radius 3 is 2.60 bits per heavy atom. The van der Waals surface area contributed by atoms with Gasteiger partial charge in [0.15, 0.2) is 5.22 Å². The maximum atomic E-state index is 5.96. The van der Waals surface area contributed by atoms with Gasteiger partial charge in [-0.3, -0.25) is 0 Å². The third-order valence-electron chi connectivity index (χ3n) is 2.01. The number of hydrogen-bond donors (Lipinski definition) is 1. The quantitative estimate of drug-likeness (QED) is 0.911. The zero-order valence-electron chi connectivity index (χ0n) is 7.74. The van der Waals surface area contributed by atoms with E-state index in [9.17, 15) is 0 Å². The van der Waals surface area contributed by atoms with Crippen LogP contribution in [0.1, 0.15) is 16.7 Å². The average Bonchev–Trinajstić information content (AvgIpc) is 2.75. The SMILES string of the molecule is NC(Cc1ccc(Cl)s1)c1ccc(Cl)o1. The van der Waals surface area contributed by atoms with E-state index < -0.39 is 0 Å². The van der Waals surface area contributed by atoms with Gasteiger partial charge in [-0.25, -0.2) is 0 Å². The second-order valence-corrected chi connectivity index (χ2v) is 5.33. The highest BCUT2D eigenvalue weighted by Gasteiger charge is 2.12. The van der Waals surface area contributed by atoms with Gasteiger partial charge in [-0.1, -0.05) is 11.6 Å². The first kappa shape index (κ1) is 11.0. The molecule has 2 heterocycles. The molecule has 0 aliphatic rings. The first-order valence-electron chi connectivity index (χ1n) is 4.40. The number of halogens is 2. The van der Waals surface area contributed by atoms with Crippen molar-refractivity contribution < 1.29 is 4.42 Å². The Hall–Kier alpha value is -0.480. The molecule has 0 saturated heterocycles. The number of nitrogens with two attached hydrogens (primary N) is 1. The summed E-state index contributed by atoms with van der Waals surface area (Å²) in [5.41, 5.74) is 5.96. The Kier molecular flexibility index (Phi) is 3.36. The highest BCUT2D eigenvalue weighted by atomic mass is 35.5. The van der Waals surface area contributed by atoms with Crippen molar-refractivity contribution >= 4 is 34.5 Å². The van der Waals surface area contributed by atoms with Gasteiger partial charge in [0.2, 0.25) is 0 Å². The Balaban J connectivity index is 2.06. The fourth-order valence-corrected chi connectivity index (χ4v) is 2.60. The largest absolute Gasteiger partial charge is 0.448 e. The van der Waals surface area contributed by atoms with E-state index in [1.807, 2.05) is 12.1 Å². The lowest BCUT2D eigenvalue weighted by molar-refractivity contribution is 0.467. The van der Waals surface area contributed by atoms with Gasteiger partial charge in [0.25, 0.3) is 0 Å². The number of rotatable bonds is 3. The highest BCUT2D eigenvalue weighted by molar-refractivity contribution is 7.16. The van der Waals surface area contributed by atoms with Crippen molar-refractivity contribution in [3.63, 3.8) is 0 Å². The molecule has 80 valence electrons. The van der Waals surface area contributed by atoms with Crippen LogP contribution in [0.2, 0.25) is 9.56 Å². The van der Waals surface area contributed by atoms with E-state index in [1.165, 1.54) is 11.3 Å². The molecule has 2 N–H and O–H groups in total. The molecule has 2 rings (SSSR count). The summed E-state index contributed by atoms with van der Waals surface area (Å²) >= 11 is 13.0. The second kappa shape index (κ2) is 4.58. The van der Waals surface area contributed by atoms with Crippen molar-refractivity contribution in [2.45, 2.75) is 12.5 Å². The lowest BCUT2D eigenvalue weighted by atomic mass is 10.1. The van der Waals surface area contributed by atoms with Crippen molar-refractivity contribution in [2.24, 2.45) is 5.73 Å². The van der Waals surface area contributed by atoms with Crippen LogP contribution >= 0.6 is 34.5 Å². The normalized spacial score (nSPS) is 13.0. The van der Waals surface area contributed by atoms with Crippen molar-refractivity contribution in [3.8, 4) is 0 Å². The highest BCUT2D eigenvalue weighted by Crippen LogP contribution is 2.27. The second-order valence-electron chi connectivity index (χ2n) is 3.16. The Morgan fingerprint density at radius 2 is 2.07 bits per heavy atom. The molecule has 5 heteroatoms. The molecule has 2 nitrogen and oxygen atoms in total. The lowest BCUT2D eigenvalue weighted by Gasteiger charge is -2.05. The van der Waals surface area contributed by atoms with Crippen LogP contribution in [-0.2, 0) is 6.42 Å². The molecule has 2 aromatic rings. The van der Waals surface area contributed by atoms with Crippen LogP contribution in [0, 0.1) is 0 Å². The van der Waals surface area contributed by atoms with E-state index >= 15 is 0 Å². The maximum Gasteiger partial charge on any atom is 0.193 e. The third-order valence-corrected chi connectivity index (χ3v) is 3.47. The summed E-state index contributed by atoms with van der Waals surface area (Å²) in [7, 11) is 0. The van der Waals surface area contributed by atoms with E-state index in [0.717, 1.165) is 9.21 Å². The van der Waals surface area contributed by atoms with Crippen molar-refractivity contribution in [1.29, 1.82) is 0 Å².